The molecule has 0 atom stereocenters. The first kappa shape index (κ1) is 17.0. The van der Waals surface area contributed by atoms with Crippen LogP contribution in [0.3, 0.4) is 0 Å². The minimum atomic E-state index is -0.0606. The Morgan fingerprint density at radius 3 is 2.40 bits per heavy atom. The van der Waals surface area contributed by atoms with Crippen LogP contribution in [0.5, 0.6) is 0 Å². The van der Waals surface area contributed by atoms with Crippen molar-refractivity contribution < 1.29 is 4.79 Å². The molecule has 0 aliphatic rings. The maximum absolute atomic E-state index is 12.2. The van der Waals surface area contributed by atoms with Crippen molar-refractivity contribution in [3.05, 3.63) is 83.0 Å². The van der Waals surface area contributed by atoms with E-state index in [4.69, 9.17) is 11.6 Å². The maximum atomic E-state index is 12.2. The third kappa shape index (κ3) is 4.81. The van der Waals surface area contributed by atoms with Crippen molar-refractivity contribution in [3.63, 3.8) is 0 Å². The van der Waals surface area contributed by atoms with Gasteiger partial charge in [-0.3, -0.25) is 4.79 Å². The fourth-order valence-electron chi connectivity index (χ4n) is 2.41. The summed E-state index contributed by atoms with van der Waals surface area (Å²) in [5, 5.41) is 6.73. The first-order chi connectivity index (χ1) is 12.1. The van der Waals surface area contributed by atoms with E-state index in [0.717, 1.165) is 16.8 Å². The molecule has 0 aliphatic heterocycles. The number of hydrogen-bond acceptors (Lipinski definition) is 3. The summed E-state index contributed by atoms with van der Waals surface area (Å²) in [6, 6.07) is 18.9. The van der Waals surface area contributed by atoms with Crippen molar-refractivity contribution in [2.24, 2.45) is 0 Å². The van der Waals surface area contributed by atoms with E-state index in [0.29, 0.717) is 22.9 Å². The van der Waals surface area contributed by atoms with Gasteiger partial charge in [0, 0.05) is 10.7 Å². The third-order valence-electron chi connectivity index (χ3n) is 3.78. The summed E-state index contributed by atoms with van der Waals surface area (Å²) in [4.78, 5) is 16.5. The molecular weight excluding hydrogens is 334 g/mol. The predicted molar refractivity (Wildman–Crippen MR) is 102 cm³/mol. The fraction of sp³-hybridized carbons (Fsp3) is 0.100. The Labute approximate surface area is 151 Å². The Hall–Kier alpha value is -2.85. The summed E-state index contributed by atoms with van der Waals surface area (Å²) >= 11 is 5.87. The summed E-state index contributed by atoms with van der Waals surface area (Å²) < 4.78 is 0. The van der Waals surface area contributed by atoms with Crippen LogP contribution in [0.2, 0.25) is 5.02 Å². The molecule has 126 valence electrons. The average Bonchev–Trinajstić information content (AvgIpc) is 2.61. The van der Waals surface area contributed by atoms with Gasteiger partial charge >= 0.3 is 0 Å². The number of rotatable bonds is 5. The summed E-state index contributed by atoms with van der Waals surface area (Å²) in [7, 11) is 0. The van der Waals surface area contributed by atoms with Crippen molar-refractivity contribution in [1.82, 2.24) is 4.98 Å². The number of anilines is 3. The van der Waals surface area contributed by atoms with Crippen LogP contribution in [0.15, 0.2) is 66.9 Å². The monoisotopic (exact) mass is 351 g/mol. The van der Waals surface area contributed by atoms with Crippen LogP contribution in [0.4, 0.5) is 17.2 Å². The Balaban J connectivity index is 1.59. The van der Waals surface area contributed by atoms with Gasteiger partial charge in [0.25, 0.3) is 0 Å². The molecule has 1 heterocycles. The Morgan fingerprint density at radius 2 is 1.72 bits per heavy atom. The molecule has 0 bridgehead atoms. The second-order valence-electron chi connectivity index (χ2n) is 5.72. The van der Waals surface area contributed by atoms with Crippen LogP contribution in [0, 0.1) is 6.92 Å². The Bertz CT molecular complexity index is 861. The predicted octanol–water partition coefficient (Wildman–Crippen LogP) is 4.97. The minimum Gasteiger partial charge on any atom is -0.340 e. The second-order valence-corrected chi connectivity index (χ2v) is 6.15. The standard InChI is InChI=1S/C20H18ClN3O/c1-14-4-2-3-5-15(14)12-20(25)24-18-10-11-19(22-13-18)23-17-8-6-16(21)7-9-17/h2-11,13H,12H2,1H3,(H,22,23)(H,24,25). The highest BCUT2D eigenvalue weighted by Crippen LogP contribution is 2.18. The molecule has 0 saturated heterocycles. The fourth-order valence-corrected chi connectivity index (χ4v) is 2.54. The van der Waals surface area contributed by atoms with Crippen LogP contribution >= 0.6 is 11.6 Å². The highest BCUT2D eigenvalue weighted by atomic mass is 35.5. The van der Waals surface area contributed by atoms with E-state index in [1.807, 2.05) is 67.6 Å². The highest BCUT2D eigenvalue weighted by molar-refractivity contribution is 6.30. The van der Waals surface area contributed by atoms with Gasteiger partial charge in [0.1, 0.15) is 5.82 Å². The molecule has 3 aromatic rings. The van der Waals surface area contributed by atoms with Crippen LogP contribution in [-0.2, 0) is 11.2 Å². The van der Waals surface area contributed by atoms with Gasteiger partial charge in [0.05, 0.1) is 18.3 Å². The minimum absolute atomic E-state index is 0.0606. The van der Waals surface area contributed by atoms with E-state index in [2.05, 4.69) is 15.6 Å². The van der Waals surface area contributed by atoms with Crippen LogP contribution < -0.4 is 10.6 Å². The zero-order chi connectivity index (χ0) is 17.6. The molecule has 5 heteroatoms. The van der Waals surface area contributed by atoms with E-state index in [-0.39, 0.29) is 5.91 Å². The van der Waals surface area contributed by atoms with E-state index in [1.165, 1.54) is 0 Å². The van der Waals surface area contributed by atoms with Gasteiger partial charge in [0.2, 0.25) is 5.91 Å². The van der Waals surface area contributed by atoms with Gasteiger partial charge in [-0.15, -0.1) is 0 Å². The molecule has 1 aromatic heterocycles. The number of hydrogen-bond donors (Lipinski definition) is 2. The SMILES string of the molecule is Cc1ccccc1CC(=O)Nc1ccc(Nc2ccc(Cl)cc2)nc1. The molecule has 1 amide bonds. The van der Waals surface area contributed by atoms with Gasteiger partial charge in [0.15, 0.2) is 0 Å². The summed E-state index contributed by atoms with van der Waals surface area (Å²) in [5.41, 5.74) is 3.70. The molecule has 0 spiro atoms. The summed E-state index contributed by atoms with van der Waals surface area (Å²) in [5.74, 6) is 0.633. The smallest absolute Gasteiger partial charge is 0.228 e. The lowest BCUT2D eigenvalue weighted by molar-refractivity contribution is -0.115. The summed E-state index contributed by atoms with van der Waals surface area (Å²) in [6.07, 6.45) is 1.98. The second kappa shape index (κ2) is 7.81. The third-order valence-corrected chi connectivity index (χ3v) is 4.03. The molecule has 0 radical (unpaired) electrons. The number of benzene rings is 2. The summed E-state index contributed by atoms with van der Waals surface area (Å²) in [6.45, 7) is 2.00. The molecule has 4 nitrogen and oxygen atoms in total. The van der Waals surface area contributed by atoms with Gasteiger partial charge in [-0.2, -0.15) is 0 Å². The number of carbonyl (C=O) groups excluding carboxylic acids is 1. The van der Waals surface area contributed by atoms with Crippen molar-refractivity contribution in [3.8, 4) is 0 Å². The quantitative estimate of drug-likeness (QED) is 0.682. The number of nitrogens with zero attached hydrogens (tertiary/aromatic N) is 1. The highest BCUT2D eigenvalue weighted by Gasteiger charge is 2.06. The van der Waals surface area contributed by atoms with Crippen molar-refractivity contribution >= 4 is 34.7 Å². The topological polar surface area (TPSA) is 54.0 Å². The van der Waals surface area contributed by atoms with Crippen LogP contribution in [0.1, 0.15) is 11.1 Å². The molecule has 2 N–H and O–H groups in total. The lowest BCUT2D eigenvalue weighted by Crippen LogP contribution is -2.15. The Kier molecular flexibility index (Phi) is 5.31. The largest absolute Gasteiger partial charge is 0.340 e. The molecule has 0 aliphatic carbocycles. The van der Waals surface area contributed by atoms with E-state index in [9.17, 15) is 4.79 Å². The van der Waals surface area contributed by atoms with Crippen LogP contribution in [0.25, 0.3) is 0 Å². The number of aromatic nitrogens is 1. The van der Waals surface area contributed by atoms with Gasteiger partial charge in [-0.05, 0) is 54.4 Å². The molecule has 0 unspecified atom stereocenters. The average molecular weight is 352 g/mol. The van der Waals surface area contributed by atoms with E-state index >= 15 is 0 Å². The molecule has 3 rings (SSSR count). The molecule has 0 saturated carbocycles. The molecule has 25 heavy (non-hydrogen) atoms. The van der Waals surface area contributed by atoms with E-state index in [1.54, 1.807) is 6.20 Å². The van der Waals surface area contributed by atoms with Crippen molar-refractivity contribution in [2.75, 3.05) is 10.6 Å². The van der Waals surface area contributed by atoms with Gasteiger partial charge in [-0.1, -0.05) is 35.9 Å². The molecule has 0 fully saturated rings. The first-order valence-corrected chi connectivity index (χ1v) is 8.31. The number of halogens is 1. The van der Waals surface area contributed by atoms with Crippen molar-refractivity contribution in [1.29, 1.82) is 0 Å². The van der Waals surface area contributed by atoms with Gasteiger partial charge < -0.3 is 10.6 Å². The normalized spacial score (nSPS) is 10.3. The Morgan fingerprint density at radius 1 is 1.00 bits per heavy atom. The zero-order valence-electron chi connectivity index (χ0n) is 13.8. The van der Waals surface area contributed by atoms with Crippen molar-refractivity contribution in [2.45, 2.75) is 13.3 Å². The number of carbonyl (C=O) groups is 1. The first-order valence-electron chi connectivity index (χ1n) is 7.93. The number of nitrogens with one attached hydrogen (secondary N) is 2. The zero-order valence-corrected chi connectivity index (χ0v) is 14.5. The maximum Gasteiger partial charge on any atom is 0.228 e. The van der Waals surface area contributed by atoms with Crippen LogP contribution in [-0.4, -0.2) is 10.9 Å². The molecule has 2 aromatic carbocycles. The number of pyridine rings is 1. The molecular formula is C20H18ClN3O. The number of aryl methyl sites for hydroxylation is 1. The number of amides is 1. The lowest BCUT2D eigenvalue weighted by atomic mass is 10.1. The lowest BCUT2D eigenvalue weighted by Gasteiger charge is -2.09. The van der Waals surface area contributed by atoms with E-state index < -0.39 is 0 Å². The van der Waals surface area contributed by atoms with Gasteiger partial charge in [-0.25, -0.2) is 4.98 Å².